The number of aromatic nitrogens is 2. The van der Waals surface area contributed by atoms with Crippen LogP contribution in [-0.4, -0.2) is 33.6 Å². The number of carbonyl (C=O) groups is 1. The molecule has 0 saturated heterocycles. The predicted molar refractivity (Wildman–Crippen MR) is 49.4 cm³/mol. The maximum atomic E-state index is 11.8. The third kappa shape index (κ3) is 2.87. The summed E-state index contributed by atoms with van der Waals surface area (Å²) in [5.74, 6) is -1.72. The molecule has 1 aromatic rings. The molecule has 0 aromatic carbocycles. The Morgan fingerprint density at radius 2 is 2.19 bits per heavy atom. The molecule has 0 radical (unpaired) electrons. The van der Waals surface area contributed by atoms with Gasteiger partial charge in [-0.2, -0.15) is 13.2 Å². The topological polar surface area (TPSA) is 64.4 Å². The summed E-state index contributed by atoms with van der Waals surface area (Å²) in [5.41, 5.74) is -0.280. The third-order valence-corrected chi connectivity index (χ3v) is 2.25. The van der Waals surface area contributed by atoms with Crippen LogP contribution in [0.5, 0.6) is 5.88 Å². The lowest BCUT2D eigenvalue weighted by Gasteiger charge is -2.06. The van der Waals surface area contributed by atoms with Crippen LogP contribution in [0.15, 0.2) is 4.47 Å². The maximum absolute atomic E-state index is 11.8. The fourth-order valence-electron chi connectivity index (χ4n) is 0.948. The highest BCUT2D eigenvalue weighted by atomic mass is 79.9. The van der Waals surface area contributed by atoms with Crippen molar-refractivity contribution in [2.75, 3.05) is 6.61 Å². The zero-order chi connectivity index (χ0) is 12.5. The molecule has 1 rings (SSSR count). The van der Waals surface area contributed by atoms with Gasteiger partial charge in [-0.3, -0.25) is 4.68 Å². The zero-order valence-electron chi connectivity index (χ0n) is 7.88. The SMILES string of the molecule is Cn1nc(OCC(F)(F)F)c(Br)c1C(=O)O. The summed E-state index contributed by atoms with van der Waals surface area (Å²) >= 11 is 2.81. The minimum Gasteiger partial charge on any atom is -0.476 e. The van der Waals surface area contributed by atoms with Crippen LogP contribution in [0.3, 0.4) is 0 Å². The van der Waals surface area contributed by atoms with Crippen LogP contribution < -0.4 is 4.74 Å². The maximum Gasteiger partial charge on any atom is 0.422 e. The Kier molecular flexibility index (Phi) is 3.46. The van der Waals surface area contributed by atoms with E-state index in [0.29, 0.717) is 0 Å². The molecule has 0 unspecified atom stereocenters. The largest absolute Gasteiger partial charge is 0.476 e. The average Bonchev–Trinajstić information content (AvgIpc) is 2.36. The molecule has 0 bridgehead atoms. The molecular weight excluding hydrogens is 297 g/mol. The lowest BCUT2D eigenvalue weighted by Crippen LogP contribution is -2.19. The minimum absolute atomic E-state index is 0.119. The normalized spacial score (nSPS) is 11.6. The van der Waals surface area contributed by atoms with Crippen molar-refractivity contribution in [3.05, 3.63) is 10.2 Å². The molecule has 1 aromatic heterocycles. The van der Waals surface area contributed by atoms with Crippen molar-refractivity contribution < 1.29 is 27.8 Å². The second-order valence-electron chi connectivity index (χ2n) is 2.80. The molecule has 0 fully saturated rings. The Morgan fingerprint density at radius 3 is 2.56 bits per heavy atom. The molecular formula is C7H6BrF3N2O3. The fourth-order valence-corrected chi connectivity index (χ4v) is 1.57. The molecule has 0 saturated carbocycles. The summed E-state index contributed by atoms with van der Waals surface area (Å²) in [5, 5.41) is 12.2. The molecule has 90 valence electrons. The van der Waals surface area contributed by atoms with Crippen molar-refractivity contribution in [3.8, 4) is 5.88 Å². The van der Waals surface area contributed by atoms with E-state index in [1.165, 1.54) is 7.05 Å². The number of rotatable bonds is 3. The van der Waals surface area contributed by atoms with Gasteiger partial charge >= 0.3 is 12.1 Å². The predicted octanol–water partition coefficient (Wildman–Crippen LogP) is 1.82. The second kappa shape index (κ2) is 4.32. The van der Waals surface area contributed by atoms with Gasteiger partial charge in [0.05, 0.1) is 0 Å². The van der Waals surface area contributed by atoms with Crippen LogP contribution in [0, 0.1) is 0 Å². The molecule has 1 heterocycles. The van der Waals surface area contributed by atoms with Crippen molar-refractivity contribution in [2.45, 2.75) is 6.18 Å². The lowest BCUT2D eigenvalue weighted by atomic mass is 10.4. The Morgan fingerprint density at radius 1 is 1.62 bits per heavy atom. The van der Waals surface area contributed by atoms with Crippen molar-refractivity contribution in [3.63, 3.8) is 0 Å². The summed E-state index contributed by atoms with van der Waals surface area (Å²) < 4.78 is 40.7. The first-order valence-electron chi connectivity index (χ1n) is 3.87. The van der Waals surface area contributed by atoms with Crippen molar-refractivity contribution in [2.24, 2.45) is 7.05 Å². The van der Waals surface area contributed by atoms with Gasteiger partial charge in [0.15, 0.2) is 12.3 Å². The Balaban J connectivity index is 2.91. The van der Waals surface area contributed by atoms with Gasteiger partial charge in [-0.15, -0.1) is 5.10 Å². The number of ether oxygens (including phenoxy) is 1. The zero-order valence-corrected chi connectivity index (χ0v) is 9.46. The molecule has 0 atom stereocenters. The minimum atomic E-state index is -4.50. The Bertz CT molecular complexity index is 416. The quantitative estimate of drug-likeness (QED) is 0.925. The summed E-state index contributed by atoms with van der Waals surface area (Å²) in [6, 6.07) is 0. The van der Waals surface area contributed by atoms with E-state index in [4.69, 9.17) is 5.11 Å². The van der Waals surface area contributed by atoms with Gasteiger partial charge < -0.3 is 9.84 Å². The molecule has 5 nitrogen and oxygen atoms in total. The Hall–Kier alpha value is -1.25. The summed E-state index contributed by atoms with van der Waals surface area (Å²) in [6.07, 6.45) is -4.50. The van der Waals surface area contributed by atoms with Gasteiger partial charge in [0, 0.05) is 7.05 Å². The third-order valence-electron chi connectivity index (χ3n) is 1.54. The van der Waals surface area contributed by atoms with Crippen LogP contribution in [0.2, 0.25) is 0 Å². The first kappa shape index (κ1) is 12.8. The van der Waals surface area contributed by atoms with Gasteiger partial charge in [-0.1, -0.05) is 0 Å². The number of aromatic carboxylic acids is 1. The number of hydrogen-bond donors (Lipinski definition) is 1. The Labute approximate surface area is 95.9 Å². The smallest absolute Gasteiger partial charge is 0.422 e. The number of carboxylic acid groups (broad SMARTS) is 1. The summed E-state index contributed by atoms with van der Waals surface area (Å²) in [7, 11) is 1.29. The van der Waals surface area contributed by atoms with Crippen LogP contribution >= 0.6 is 15.9 Å². The van der Waals surface area contributed by atoms with Crippen molar-refractivity contribution in [1.29, 1.82) is 0 Å². The van der Waals surface area contributed by atoms with Gasteiger partial charge in [0.2, 0.25) is 5.88 Å². The van der Waals surface area contributed by atoms with E-state index >= 15 is 0 Å². The number of aryl methyl sites for hydroxylation is 1. The van der Waals surface area contributed by atoms with Gasteiger partial charge in [0.25, 0.3) is 0 Å². The number of carboxylic acids is 1. The first-order chi connectivity index (χ1) is 7.22. The average molecular weight is 303 g/mol. The number of alkyl halides is 3. The molecule has 0 aliphatic rings. The lowest BCUT2D eigenvalue weighted by molar-refractivity contribution is -0.154. The van der Waals surface area contributed by atoms with Gasteiger partial charge in [-0.25, -0.2) is 4.79 Å². The van der Waals surface area contributed by atoms with Crippen molar-refractivity contribution >= 4 is 21.9 Å². The van der Waals surface area contributed by atoms with E-state index in [1.807, 2.05) is 0 Å². The second-order valence-corrected chi connectivity index (χ2v) is 3.59. The highest BCUT2D eigenvalue weighted by Gasteiger charge is 2.30. The van der Waals surface area contributed by atoms with E-state index in [9.17, 15) is 18.0 Å². The van der Waals surface area contributed by atoms with Crippen LogP contribution in [0.25, 0.3) is 0 Å². The number of hydrogen-bond acceptors (Lipinski definition) is 3. The first-order valence-corrected chi connectivity index (χ1v) is 4.67. The van der Waals surface area contributed by atoms with E-state index in [-0.39, 0.29) is 10.2 Å². The number of halogens is 4. The highest BCUT2D eigenvalue weighted by molar-refractivity contribution is 9.10. The summed E-state index contributed by atoms with van der Waals surface area (Å²) in [6.45, 7) is -1.53. The summed E-state index contributed by atoms with van der Waals surface area (Å²) in [4.78, 5) is 10.7. The van der Waals surface area contributed by atoms with E-state index in [2.05, 4.69) is 25.8 Å². The molecule has 16 heavy (non-hydrogen) atoms. The van der Waals surface area contributed by atoms with Gasteiger partial charge in [-0.05, 0) is 15.9 Å². The molecule has 0 spiro atoms. The molecule has 0 aliphatic carbocycles. The molecule has 0 aliphatic heterocycles. The highest BCUT2D eigenvalue weighted by Crippen LogP contribution is 2.28. The van der Waals surface area contributed by atoms with Gasteiger partial charge in [0.1, 0.15) is 4.47 Å². The molecule has 0 amide bonds. The van der Waals surface area contributed by atoms with E-state index in [0.717, 1.165) is 4.68 Å². The monoisotopic (exact) mass is 302 g/mol. The van der Waals surface area contributed by atoms with Crippen LogP contribution in [0.1, 0.15) is 10.5 Å². The fraction of sp³-hybridized carbons (Fsp3) is 0.429. The van der Waals surface area contributed by atoms with E-state index in [1.54, 1.807) is 0 Å². The van der Waals surface area contributed by atoms with Crippen molar-refractivity contribution in [1.82, 2.24) is 9.78 Å². The molecule has 1 N–H and O–H groups in total. The van der Waals surface area contributed by atoms with Crippen LogP contribution in [0.4, 0.5) is 13.2 Å². The standard InChI is InChI=1S/C7H6BrF3N2O3/c1-13-4(6(14)15)3(8)5(12-13)16-2-7(9,10)11/h2H2,1H3,(H,14,15). The molecule has 9 heteroatoms. The van der Waals surface area contributed by atoms with E-state index < -0.39 is 24.6 Å². The van der Waals surface area contributed by atoms with Crippen LogP contribution in [-0.2, 0) is 7.05 Å². The number of nitrogens with zero attached hydrogens (tertiary/aromatic N) is 2.